The van der Waals surface area contributed by atoms with Crippen LogP contribution in [0.1, 0.15) is 31.4 Å². The Hall–Kier alpha value is -2.87. The number of carbonyl (C=O) groups excluding carboxylic acids is 1. The van der Waals surface area contributed by atoms with Crippen LogP contribution in [0.4, 0.5) is 5.69 Å². The second kappa shape index (κ2) is 10.8. The first-order chi connectivity index (χ1) is 14.6. The highest BCUT2D eigenvalue weighted by molar-refractivity contribution is 5.98. The monoisotopic (exact) mass is 412 g/mol. The number of hydrogen-bond donors (Lipinski definition) is 1. The molecule has 0 unspecified atom stereocenters. The fourth-order valence-corrected chi connectivity index (χ4v) is 3.44. The summed E-state index contributed by atoms with van der Waals surface area (Å²) in [7, 11) is 1.85. The van der Waals surface area contributed by atoms with Crippen LogP contribution >= 0.6 is 0 Å². The summed E-state index contributed by atoms with van der Waals surface area (Å²) >= 11 is 0. The van der Waals surface area contributed by atoms with E-state index in [1.165, 1.54) is 0 Å². The number of aromatic nitrogens is 2. The molecular formula is C22H32N6O2. The minimum atomic E-state index is 0.0493. The third-order valence-electron chi connectivity index (χ3n) is 4.98. The summed E-state index contributed by atoms with van der Waals surface area (Å²) < 4.78 is 7.43. The molecule has 0 atom stereocenters. The number of hydrogen-bond acceptors (Lipinski definition) is 4. The molecule has 8 nitrogen and oxygen atoms in total. The molecule has 1 amide bonds. The van der Waals surface area contributed by atoms with Gasteiger partial charge in [-0.2, -0.15) is 5.10 Å². The third-order valence-corrected chi connectivity index (χ3v) is 4.98. The van der Waals surface area contributed by atoms with Gasteiger partial charge in [0, 0.05) is 39.5 Å². The van der Waals surface area contributed by atoms with Gasteiger partial charge in [0.2, 0.25) is 5.91 Å². The molecule has 8 heteroatoms. The van der Waals surface area contributed by atoms with Gasteiger partial charge in [-0.15, -0.1) is 0 Å². The number of anilines is 1. The zero-order valence-electron chi connectivity index (χ0n) is 18.2. The maximum absolute atomic E-state index is 12.7. The van der Waals surface area contributed by atoms with Crippen LogP contribution in [0.25, 0.3) is 0 Å². The van der Waals surface area contributed by atoms with Crippen LogP contribution in [0.3, 0.4) is 0 Å². The number of aryl methyl sites for hydroxylation is 1. The van der Waals surface area contributed by atoms with Crippen molar-refractivity contribution in [2.75, 3.05) is 37.7 Å². The van der Waals surface area contributed by atoms with Crippen LogP contribution in [0.2, 0.25) is 0 Å². The topological polar surface area (TPSA) is 75.0 Å². The Labute approximate surface area is 178 Å². The predicted molar refractivity (Wildman–Crippen MR) is 118 cm³/mol. The van der Waals surface area contributed by atoms with E-state index in [0.717, 1.165) is 42.3 Å². The molecule has 1 aromatic carbocycles. The molecule has 2 heterocycles. The molecular weight excluding hydrogens is 380 g/mol. The zero-order chi connectivity index (χ0) is 21.3. The van der Waals surface area contributed by atoms with E-state index in [2.05, 4.69) is 29.5 Å². The fraction of sp³-hybridized carbons (Fsp3) is 0.500. The number of aliphatic imine (C=N–C) groups is 1. The molecule has 1 aromatic heterocycles. The van der Waals surface area contributed by atoms with Crippen molar-refractivity contribution < 1.29 is 9.53 Å². The van der Waals surface area contributed by atoms with E-state index in [9.17, 15) is 4.79 Å². The average Bonchev–Trinajstić information content (AvgIpc) is 3.18. The highest BCUT2D eigenvalue weighted by Gasteiger charge is 2.27. The molecule has 2 aromatic rings. The molecule has 1 aliphatic rings. The second-order valence-corrected chi connectivity index (χ2v) is 7.33. The van der Waals surface area contributed by atoms with Crippen LogP contribution in [0.5, 0.6) is 0 Å². The second-order valence-electron chi connectivity index (χ2n) is 7.33. The number of nitrogens with zero attached hydrogens (tertiary/aromatic N) is 5. The Morgan fingerprint density at radius 2 is 2.03 bits per heavy atom. The molecule has 0 spiro atoms. The molecule has 0 bridgehead atoms. The number of ether oxygens (including phenoxy) is 1. The summed E-state index contributed by atoms with van der Waals surface area (Å²) in [4.78, 5) is 21.4. The van der Waals surface area contributed by atoms with Crippen molar-refractivity contribution in [3.8, 4) is 0 Å². The lowest BCUT2D eigenvalue weighted by Crippen LogP contribution is -2.55. The van der Waals surface area contributed by atoms with E-state index < -0.39 is 0 Å². The highest BCUT2D eigenvalue weighted by atomic mass is 16.5. The lowest BCUT2D eigenvalue weighted by Gasteiger charge is -2.35. The molecule has 30 heavy (non-hydrogen) atoms. The predicted octanol–water partition coefficient (Wildman–Crippen LogP) is 2.16. The molecule has 1 N–H and O–H groups in total. The Morgan fingerprint density at radius 1 is 1.23 bits per heavy atom. The Balaban J connectivity index is 1.67. The summed E-state index contributed by atoms with van der Waals surface area (Å²) in [6.07, 6.45) is 4.60. The maximum Gasteiger partial charge on any atom is 0.246 e. The quantitative estimate of drug-likeness (QED) is 0.409. The van der Waals surface area contributed by atoms with Gasteiger partial charge in [-0.25, -0.2) is 4.99 Å². The van der Waals surface area contributed by atoms with Gasteiger partial charge >= 0.3 is 0 Å². The lowest BCUT2D eigenvalue weighted by molar-refractivity contribution is -0.120. The molecule has 162 valence electrons. The van der Waals surface area contributed by atoms with Crippen LogP contribution in [0, 0.1) is 0 Å². The smallest absolute Gasteiger partial charge is 0.246 e. The SMILES string of the molecule is CCCOCc1ccccc1CN=C(NCC)N1CCN(c2cnn(C)c2)C(=O)C1. The summed E-state index contributed by atoms with van der Waals surface area (Å²) in [5, 5.41) is 7.50. The number of nitrogens with one attached hydrogen (secondary N) is 1. The molecule has 1 fully saturated rings. The van der Waals surface area contributed by atoms with Crippen molar-refractivity contribution in [1.82, 2.24) is 20.0 Å². The molecule has 3 rings (SSSR count). The van der Waals surface area contributed by atoms with Gasteiger partial charge in [-0.1, -0.05) is 31.2 Å². The molecule has 0 saturated carbocycles. The fourth-order valence-electron chi connectivity index (χ4n) is 3.44. The standard InChI is InChI=1S/C22H32N6O2/c1-4-12-30-17-19-9-7-6-8-18(19)13-24-22(23-5-2)27-10-11-28(21(29)16-27)20-14-25-26(3)15-20/h6-9,14-15H,4-5,10-13,16-17H2,1-3H3,(H,23,24). The first-order valence-corrected chi connectivity index (χ1v) is 10.6. The van der Waals surface area contributed by atoms with Crippen molar-refractivity contribution in [3.63, 3.8) is 0 Å². The summed E-state index contributed by atoms with van der Waals surface area (Å²) in [5.41, 5.74) is 3.14. The summed E-state index contributed by atoms with van der Waals surface area (Å²) in [6.45, 7) is 8.40. The Kier molecular flexibility index (Phi) is 7.84. The minimum Gasteiger partial charge on any atom is -0.377 e. The van der Waals surface area contributed by atoms with E-state index in [1.807, 2.05) is 37.2 Å². The molecule has 0 aliphatic carbocycles. The number of carbonyl (C=O) groups is 1. The summed E-state index contributed by atoms with van der Waals surface area (Å²) in [5.74, 6) is 0.814. The van der Waals surface area contributed by atoms with Crippen LogP contribution in [-0.2, 0) is 29.7 Å². The lowest BCUT2D eigenvalue weighted by atomic mass is 10.1. The van der Waals surface area contributed by atoms with Gasteiger partial charge in [0.05, 0.1) is 25.0 Å². The Bertz CT molecular complexity index is 863. The van der Waals surface area contributed by atoms with E-state index in [1.54, 1.807) is 15.8 Å². The van der Waals surface area contributed by atoms with E-state index in [0.29, 0.717) is 32.8 Å². The normalized spacial score (nSPS) is 15.0. The summed E-state index contributed by atoms with van der Waals surface area (Å²) in [6, 6.07) is 8.23. The molecule has 0 radical (unpaired) electrons. The minimum absolute atomic E-state index is 0.0493. The zero-order valence-corrected chi connectivity index (χ0v) is 18.2. The molecule has 1 aliphatic heterocycles. The van der Waals surface area contributed by atoms with Gasteiger partial charge in [-0.05, 0) is 24.5 Å². The van der Waals surface area contributed by atoms with E-state index >= 15 is 0 Å². The van der Waals surface area contributed by atoms with Crippen molar-refractivity contribution >= 4 is 17.6 Å². The first-order valence-electron chi connectivity index (χ1n) is 10.6. The van der Waals surface area contributed by atoms with Crippen LogP contribution < -0.4 is 10.2 Å². The molecule has 1 saturated heterocycles. The van der Waals surface area contributed by atoms with Gasteiger partial charge < -0.3 is 19.9 Å². The van der Waals surface area contributed by atoms with E-state index in [-0.39, 0.29) is 5.91 Å². The number of guanidine groups is 1. The van der Waals surface area contributed by atoms with Crippen molar-refractivity contribution in [1.29, 1.82) is 0 Å². The number of rotatable bonds is 8. The third kappa shape index (κ3) is 5.60. The number of amides is 1. The number of benzene rings is 1. The first kappa shape index (κ1) is 21.8. The van der Waals surface area contributed by atoms with Crippen molar-refractivity contribution in [3.05, 3.63) is 47.8 Å². The average molecular weight is 413 g/mol. The number of piperazine rings is 1. The van der Waals surface area contributed by atoms with Gasteiger partial charge in [0.1, 0.15) is 6.54 Å². The maximum atomic E-state index is 12.7. The van der Waals surface area contributed by atoms with Gasteiger partial charge in [-0.3, -0.25) is 9.48 Å². The Morgan fingerprint density at radius 3 is 2.70 bits per heavy atom. The van der Waals surface area contributed by atoms with Gasteiger partial charge in [0.25, 0.3) is 0 Å². The van der Waals surface area contributed by atoms with E-state index in [4.69, 9.17) is 9.73 Å². The van der Waals surface area contributed by atoms with Crippen LogP contribution in [0.15, 0.2) is 41.7 Å². The van der Waals surface area contributed by atoms with Crippen molar-refractivity contribution in [2.24, 2.45) is 12.0 Å². The highest BCUT2D eigenvalue weighted by Crippen LogP contribution is 2.17. The van der Waals surface area contributed by atoms with Gasteiger partial charge in [0.15, 0.2) is 5.96 Å². The van der Waals surface area contributed by atoms with Crippen molar-refractivity contribution in [2.45, 2.75) is 33.4 Å². The largest absolute Gasteiger partial charge is 0.377 e. The van der Waals surface area contributed by atoms with Crippen LogP contribution in [-0.4, -0.2) is 59.3 Å².